The SMILES string of the molecule is COc1ccc(/C(=N/OC(=O)c2cccnc2)c2nccc3cc(OC)c(OC)cc23)cc1OC. The number of fused-ring (bicyclic) bond motifs is 1. The molecule has 4 aromatic rings. The van der Waals surface area contributed by atoms with Crippen LogP contribution in [0.15, 0.2) is 72.3 Å². The van der Waals surface area contributed by atoms with E-state index in [1.807, 2.05) is 12.1 Å². The number of rotatable bonds is 8. The third kappa shape index (κ3) is 4.84. The second-order valence-corrected chi connectivity index (χ2v) is 7.22. The first-order chi connectivity index (χ1) is 17.1. The van der Waals surface area contributed by atoms with Gasteiger partial charge in [-0.15, -0.1) is 0 Å². The Morgan fingerprint density at radius 1 is 0.771 bits per heavy atom. The van der Waals surface area contributed by atoms with E-state index in [0.29, 0.717) is 40.0 Å². The number of ether oxygens (including phenoxy) is 4. The van der Waals surface area contributed by atoms with E-state index in [1.165, 1.54) is 13.3 Å². The van der Waals surface area contributed by atoms with Crippen molar-refractivity contribution >= 4 is 22.5 Å². The zero-order valence-corrected chi connectivity index (χ0v) is 19.6. The summed E-state index contributed by atoms with van der Waals surface area (Å²) in [6.07, 6.45) is 4.61. The van der Waals surface area contributed by atoms with Gasteiger partial charge in [0.25, 0.3) is 0 Å². The minimum absolute atomic E-state index is 0.264. The minimum Gasteiger partial charge on any atom is -0.493 e. The van der Waals surface area contributed by atoms with Crippen LogP contribution in [0.25, 0.3) is 10.8 Å². The number of carbonyl (C=O) groups is 1. The van der Waals surface area contributed by atoms with Gasteiger partial charge < -0.3 is 23.8 Å². The molecule has 9 heteroatoms. The lowest BCUT2D eigenvalue weighted by Gasteiger charge is -2.14. The molecule has 4 rings (SSSR count). The normalized spacial score (nSPS) is 11.1. The molecular weight excluding hydrogens is 450 g/mol. The van der Waals surface area contributed by atoms with E-state index >= 15 is 0 Å². The molecule has 2 aromatic heterocycles. The average Bonchev–Trinajstić information content (AvgIpc) is 2.92. The molecule has 0 fully saturated rings. The Bertz CT molecular complexity index is 1390. The number of oxime groups is 1. The largest absolute Gasteiger partial charge is 0.493 e. The molecule has 0 unspecified atom stereocenters. The number of benzene rings is 2. The van der Waals surface area contributed by atoms with Crippen LogP contribution in [0.4, 0.5) is 0 Å². The monoisotopic (exact) mass is 473 g/mol. The fraction of sp³-hybridized carbons (Fsp3) is 0.154. The maximum atomic E-state index is 12.6. The van der Waals surface area contributed by atoms with Gasteiger partial charge in [-0.25, -0.2) is 4.79 Å². The highest BCUT2D eigenvalue weighted by Crippen LogP contribution is 2.35. The lowest BCUT2D eigenvalue weighted by atomic mass is 10.0. The van der Waals surface area contributed by atoms with Gasteiger partial charge in [0.05, 0.1) is 34.0 Å². The first-order valence-corrected chi connectivity index (χ1v) is 10.5. The van der Waals surface area contributed by atoms with E-state index in [0.717, 1.165) is 10.8 Å². The van der Waals surface area contributed by atoms with Crippen LogP contribution in [0.2, 0.25) is 0 Å². The fourth-order valence-corrected chi connectivity index (χ4v) is 3.53. The molecule has 35 heavy (non-hydrogen) atoms. The first kappa shape index (κ1) is 23.5. The number of methoxy groups -OCH3 is 4. The van der Waals surface area contributed by atoms with Crippen molar-refractivity contribution in [1.29, 1.82) is 0 Å². The van der Waals surface area contributed by atoms with Gasteiger partial charge in [0, 0.05) is 29.5 Å². The molecule has 0 aliphatic carbocycles. The molecule has 0 saturated carbocycles. The van der Waals surface area contributed by atoms with Crippen LogP contribution in [0, 0.1) is 0 Å². The van der Waals surface area contributed by atoms with Crippen molar-refractivity contribution in [1.82, 2.24) is 9.97 Å². The van der Waals surface area contributed by atoms with Crippen LogP contribution in [0.1, 0.15) is 21.6 Å². The lowest BCUT2D eigenvalue weighted by Crippen LogP contribution is -2.11. The van der Waals surface area contributed by atoms with Crippen LogP contribution < -0.4 is 18.9 Å². The highest BCUT2D eigenvalue weighted by molar-refractivity contribution is 6.18. The summed E-state index contributed by atoms with van der Waals surface area (Å²) in [6, 6.07) is 14.0. The predicted octanol–water partition coefficient (Wildman–Crippen LogP) is 4.27. The van der Waals surface area contributed by atoms with Crippen LogP contribution in [0.3, 0.4) is 0 Å². The third-order valence-corrected chi connectivity index (χ3v) is 5.27. The maximum Gasteiger partial charge on any atom is 0.367 e. The fourth-order valence-electron chi connectivity index (χ4n) is 3.53. The van der Waals surface area contributed by atoms with E-state index in [2.05, 4.69) is 15.1 Å². The molecule has 9 nitrogen and oxygen atoms in total. The molecule has 0 aliphatic heterocycles. The number of hydrogen-bond acceptors (Lipinski definition) is 9. The highest BCUT2D eigenvalue weighted by atomic mass is 16.7. The molecule has 0 spiro atoms. The van der Waals surface area contributed by atoms with E-state index in [4.69, 9.17) is 23.8 Å². The molecule has 0 bridgehead atoms. The summed E-state index contributed by atoms with van der Waals surface area (Å²) in [5.74, 6) is 1.46. The Kier molecular flexibility index (Phi) is 7.06. The number of carbonyl (C=O) groups excluding carboxylic acids is 1. The van der Waals surface area contributed by atoms with E-state index < -0.39 is 5.97 Å². The summed E-state index contributed by atoms with van der Waals surface area (Å²) >= 11 is 0. The Hall–Kier alpha value is -4.66. The summed E-state index contributed by atoms with van der Waals surface area (Å²) in [5.41, 5.74) is 1.63. The highest BCUT2D eigenvalue weighted by Gasteiger charge is 2.19. The quantitative estimate of drug-likeness (QED) is 0.212. The van der Waals surface area contributed by atoms with E-state index in [9.17, 15) is 4.79 Å². The Balaban J connectivity index is 1.89. The number of nitrogens with zero attached hydrogens (tertiary/aromatic N) is 3. The van der Waals surface area contributed by atoms with Gasteiger partial charge in [0.1, 0.15) is 11.4 Å². The minimum atomic E-state index is -0.657. The molecule has 0 saturated heterocycles. The number of aromatic nitrogens is 2. The van der Waals surface area contributed by atoms with Crippen LogP contribution in [-0.2, 0) is 4.84 Å². The average molecular weight is 473 g/mol. The molecule has 0 aliphatic rings. The van der Waals surface area contributed by atoms with Crippen LogP contribution in [-0.4, -0.2) is 50.1 Å². The second-order valence-electron chi connectivity index (χ2n) is 7.22. The summed E-state index contributed by atoms with van der Waals surface area (Å²) < 4.78 is 21.7. The zero-order valence-electron chi connectivity index (χ0n) is 19.6. The van der Waals surface area contributed by atoms with Gasteiger partial charge >= 0.3 is 5.97 Å². The molecule has 178 valence electrons. The smallest absolute Gasteiger partial charge is 0.367 e. The molecular formula is C26H23N3O6. The van der Waals surface area contributed by atoms with Crippen LogP contribution in [0.5, 0.6) is 23.0 Å². The summed E-state index contributed by atoms with van der Waals surface area (Å²) in [7, 11) is 6.21. The topological polar surface area (TPSA) is 101 Å². The predicted molar refractivity (Wildman–Crippen MR) is 130 cm³/mol. The Labute approximate surface area is 201 Å². The van der Waals surface area contributed by atoms with Crippen molar-refractivity contribution in [2.45, 2.75) is 0 Å². The molecule has 0 N–H and O–H groups in total. The van der Waals surface area contributed by atoms with Crippen molar-refractivity contribution < 1.29 is 28.6 Å². The summed E-state index contributed by atoms with van der Waals surface area (Å²) in [5, 5.41) is 5.78. The van der Waals surface area contributed by atoms with Crippen molar-refractivity contribution in [2.24, 2.45) is 5.16 Å². The van der Waals surface area contributed by atoms with Crippen molar-refractivity contribution in [2.75, 3.05) is 28.4 Å². The molecule has 2 aromatic carbocycles. The maximum absolute atomic E-state index is 12.6. The first-order valence-electron chi connectivity index (χ1n) is 10.5. The summed E-state index contributed by atoms with van der Waals surface area (Å²) in [6.45, 7) is 0. The standard InChI is InChI=1S/C26H23N3O6/c1-31-20-8-7-17(13-21(20)32-2)24(29-35-26(30)18-6-5-10-27-15-18)25-19-14-23(34-4)22(33-3)12-16(19)9-11-28-25/h5-15H,1-4H3/b29-24-. The van der Waals surface area contributed by atoms with Gasteiger partial charge in [-0.3, -0.25) is 9.97 Å². The zero-order chi connectivity index (χ0) is 24.8. The van der Waals surface area contributed by atoms with Crippen LogP contribution >= 0.6 is 0 Å². The lowest BCUT2D eigenvalue weighted by molar-refractivity contribution is 0.0516. The Morgan fingerprint density at radius 2 is 1.49 bits per heavy atom. The molecule has 0 atom stereocenters. The van der Waals surface area contributed by atoms with E-state index in [-0.39, 0.29) is 5.56 Å². The molecule has 0 radical (unpaired) electrons. The summed E-state index contributed by atoms with van der Waals surface area (Å²) in [4.78, 5) is 26.4. The van der Waals surface area contributed by atoms with Gasteiger partial charge in [0.15, 0.2) is 23.0 Å². The van der Waals surface area contributed by atoms with Gasteiger partial charge in [-0.2, -0.15) is 0 Å². The van der Waals surface area contributed by atoms with Crippen molar-refractivity contribution in [3.05, 3.63) is 83.9 Å². The second kappa shape index (κ2) is 10.5. The third-order valence-electron chi connectivity index (χ3n) is 5.27. The number of hydrogen-bond donors (Lipinski definition) is 0. The molecule has 2 heterocycles. The van der Waals surface area contributed by atoms with Gasteiger partial charge in [0.2, 0.25) is 0 Å². The Morgan fingerprint density at radius 3 is 2.17 bits per heavy atom. The van der Waals surface area contributed by atoms with Crippen molar-refractivity contribution in [3.8, 4) is 23.0 Å². The number of pyridine rings is 2. The van der Waals surface area contributed by atoms with Crippen molar-refractivity contribution in [3.63, 3.8) is 0 Å². The molecule has 0 amide bonds. The van der Waals surface area contributed by atoms with Gasteiger partial charge in [-0.1, -0.05) is 5.16 Å². The van der Waals surface area contributed by atoms with E-state index in [1.54, 1.807) is 70.1 Å². The van der Waals surface area contributed by atoms with Gasteiger partial charge in [-0.05, 0) is 53.9 Å².